The van der Waals surface area contributed by atoms with Gasteiger partial charge >= 0.3 is 0 Å². The molecule has 106 valence electrons. The first-order valence-corrected chi connectivity index (χ1v) is 8.40. The molecule has 1 heteroatoms. The van der Waals surface area contributed by atoms with Gasteiger partial charge in [0.2, 0.25) is 0 Å². The predicted octanol–water partition coefficient (Wildman–Crippen LogP) is 4.71. The normalized spacial score (nSPS) is 26.2. The smallest absolute Gasteiger partial charge is 0.000702 e. The lowest BCUT2D eigenvalue weighted by molar-refractivity contribution is -0.0192. The van der Waals surface area contributed by atoms with Crippen molar-refractivity contribution in [3.63, 3.8) is 0 Å². The van der Waals surface area contributed by atoms with Gasteiger partial charge < -0.3 is 4.90 Å². The Morgan fingerprint density at radius 2 is 1.78 bits per heavy atom. The molecule has 0 radical (unpaired) electrons. The molecule has 0 aromatic carbocycles. The molecule has 1 aliphatic heterocycles. The van der Waals surface area contributed by atoms with Crippen LogP contribution in [-0.2, 0) is 0 Å². The van der Waals surface area contributed by atoms with Crippen molar-refractivity contribution in [3.8, 4) is 0 Å². The Hall–Kier alpha value is -0.0400. The molecule has 1 heterocycles. The summed E-state index contributed by atoms with van der Waals surface area (Å²) in [5.41, 5.74) is 0.796. The van der Waals surface area contributed by atoms with E-state index in [2.05, 4.69) is 25.7 Å². The molecule has 2 aliphatic rings. The second-order valence-corrected chi connectivity index (χ2v) is 7.26. The lowest BCUT2D eigenvalue weighted by atomic mass is 9.56. The SMILES string of the molecule is CCCC(C)CN1CCC2(CC1)CC(CCC)C2. The van der Waals surface area contributed by atoms with E-state index in [1.54, 1.807) is 12.8 Å². The van der Waals surface area contributed by atoms with Crippen molar-refractivity contribution in [2.75, 3.05) is 19.6 Å². The molecule has 0 bridgehead atoms. The van der Waals surface area contributed by atoms with E-state index in [4.69, 9.17) is 0 Å². The van der Waals surface area contributed by atoms with E-state index in [0.29, 0.717) is 0 Å². The molecule has 0 aromatic heterocycles. The summed E-state index contributed by atoms with van der Waals surface area (Å²) in [6.45, 7) is 11.2. The van der Waals surface area contributed by atoms with Crippen molar-refractivity contribution in [3.05, 3.63) is 0 Å². The van der Waals surface area contributed by atoms with Crippen molar-refractivity contribution in [1.29, 1.82) is 0 Å². The van der Waals surface area contributed by atoms with Crippen LogP contribution < -0.4 is 0 Å². The van der Waals surface area contributed by atoms with Crippen LogP contribution in [0.3, 0.4) is 0 Å². The van der Waals surface area contributed by atoms with E-state index in [9.17, 15) is 0 Å². The Bertz CT molecular complexity index is 232. The van der Waals surface area contributed by atoms with Gasteiger partial charge in [0.05, 0.1) is 0 Å². The highest BCUT2D eigenvalue weighted by molar-refractivity contribution is 4.96. The first kappa shape index (κ1) is 14.4. The largest absolute Gasteiger partial charge is 0.303 e. The number of nitrogens with zero attached hydrogens (tertiary/aromatic N) is 1. The maximum absolute atomic E-state index is 2.73. The second kappa shape index (κ2) is 6.41. The van der Waals surface area contributed by atoms with Gasteiger partial charge in [-0.25, -0.2) is 0 Å². The van der Waals surface area contributed by atoms with Crippen LogP contribution in [0, 0.1) is 17.3 Å². The van der Waals surface area contributed by atoms with Crippen LogP contribution >= 0.6 is 0 Å². The van der Waals surface area contributed by atoms with Crippen molar-refractivity contribution < 1.29 is 0 Å². The maximum Gasteiger partial charge on any atom is 0.000702 e. The Balaban J connectivity index is 1.66. The standard InChI is InChI=1S/C17H33N/c1-4-6-15(3)14-18-10-8-17(9-11-18)12-16(13-17)7-5-2/h15-16H,4-14H2,1-3H3. The predicted molar refractivity (Wildman–Crippen MR) is 79.8 cm³/mol. The van der Waals surface area contributed by atoms with Crippen molar-refractivity contribution in [1.82, 2.24) is 4.90 Å². The number of hydrogen-bond acceptors (Lipinski definition) is 1. The highest BCUT2D eigenvalue weighted by Crippen LogP contribution is 2.53. The molecule has 1 unspecified atom stereocenters. The van der Waals surface area contributed by atoms with Gasteiger partial charge in [-0.1, -0.05) is 40.0 Å². The molecule has 1 atom stereocenters. The summed E-state index contributed by atoms with van der Waals surface area (Å²) in [5.74, 6) is 1.99. The maximum atomic E-state index is 2.73. The summed E-state index contributed by atoms with van der Waals surface area (Å²) >= 11 is 0. The van der Waals surface area contributed by atoms with Crippen molar-refractivity contribution in [2.45, 2.75) is 72.1 Å². The van der Waals surface area contributed by atoms with Gasteiger partial charge in [0, 0.05) is 6.54 Å². The van der Waals surface area contributed by atoms with E-state index in [-0.39, 0.29) is 0 Å². The van der Waals surface area contributed by atoms with Gasteiger partial charge in [-0.3, -0.25) is 0 Å². The molecule has 1 saturated heterocycles. The topological polar surface area (TPSA) is 3.24 Å². The van der Waals surface area contributed by atoms with Crippen LogP contribution in [-0.4, -0.2) is 24.5 Å². The van der Waals surface area contributed by atoms with Crippen LogP contribution in [0.4, 0.5) is 0 Å². The highest BCUT2D eigenvalue weighted by atomic mass is 15.1. The molecule has 1 saturated carbocycles. The van der Waals surface area contributed by atoms with Gasteiger partial charge in [-0.15, -0.1) is 0 Å². The molecular weight excluding hydrogens is 218 g/mol. The Morgan fingerprint density at radius 3 is 2.33 bits per heavy atom. The van der Waals surface area contributed by atoms with E-state index in [1.165, 1.54) is 58.2 Å². The Labute approximate surface area is 114 Å². The fraction of sp³-hybridized carbons (Fsp3) is 1.00. The Morgan fingerprint density at radius 1 is 1.11 bits per heavy atom. The van der Waals surface area contributed by atoms with Crippen LogP contribution in [0.25, 0.3) is 0 Å². The first-order valence-electron chi connectivity index (χ1n) is 8.40. The average Bonchev–Trinajstić information content (AvgIpc) is 2.30. The third-order valence-corrected chi connectivity index (χ3v) is 5.41. The zero-order valence-corrected chi connectivity index (χ0v) is 12.9. The number of likely N-dealkylation sites (tertiary alicyclic amines) is 1. The molecular formula is C17H33N. The lowest BCUT2D eigenvalue weighted by Crippen LogP contribution is -2.47. The molecule has 18 heavy (non-hydrogen) atoms. The molecule has 1 aliphatic carbocycles. The van der Waals surface area contributed by atoms with E-state index in [0.717, 1.165) is 17.3 Å². The minimum absolute atomic E-state index is 0.796. The van der Waals surface area contributed by atoms with E-state index >= 15 is 0 Å². The summed E-state index contributed by atoms with van der Waals surface area (Å²) in [6, 6.07) is 0. The van der Waals surface area contributed by atoms with Gasteiger partial charge in [-0.05, 0) is 62.4 Å². The summed E-state index contributed by atoms with van der Waals surface area (Å²) in [4.78, 5) is 2.73. The molecule has 0 amide bonds. The third kappa shape index (κ3) is 3.50. The molecule has 2 rings (SSSR count). The minimum Gasteiger partial charge on any atom is -0.303 e. The fourth-order valence-corrected chi connectivity index (χ4v) is 4.42. The number of piperidine rings is 1. The summed E-state index contributed by atoms with van der Waals surface area (Å²) in [6.07, 6.45) is 11.7. The molecule has 0 N–H and O–H groups in total. The highest BCUT2D eigenvalue weighted by Gasteiger charge is 2.44. The van der Waals surface area contributed by atoms with Crippen LogP contribution in [0.15, 0.2) is 0 Å². The van der Waals surface area contributed by atoms with Crippen molar-refractivity contribution in [2.24, 2.45) is 17.3 Å². The number of rotatable bonds is 6. The average molecular weight is 251 g/mol. The molecule has 2 fully saturated rings. The first-order chi connectivity index (χ1) is 8.67. The minimum atomic E-state index is 0.796. The summed E-state index contributed by atoms with van der Waals surface area (Å²) in [5, 5.41) is 0. The quantitative estimate of drug-likeness (QED) is 0.660. The van der Waals surface area contributed by atoms with E-state index in [1.807, 2.05) is 0 Å². The lowest BCUT2D eigenvalue weighted by Gasteiger charge is -2.53. The molecule has 1 nitrogen and oxygen atoms in total. The van der Waals surface area contributed by atoms with E-state index < -0.39 is 0 Å². The molecule has 0 aromatic rings. The monoisotopic (exact) mass is 251 g/mol. The van der Waals surface area contributed by atoms with Crippen LogP contribution in [0.5, 0.6) is 0 Å². The summed E-state index contributed by atoms with van der Waals surface area (Å²) in [7, 11) is 0. The third-order valence-electron chi connectivity index (χ3n) is 5.41. The fourth-order valence-electron chi connectivity index (χ4n) is 4.42. The van der Waals surface area contributed by atoms with Gasteiger partial charge in [0.1, 0.15) is 0 Å². The second-order valence-electron chi connectivity index (χ2n) is 7.26. The zero-order chi connectivity index (χ0) is 13.0. The molecule has 1 spiro atoms. The zero-order valence-electron chi connectivity index (χ0n) is 12.9. The van der Waals surface area contributed by atoms with Crippen LogP contribution in [0.1, 0.15) is 72.1 Å². The van der Waals surface area contributed by atoms with Gasteiger partial charge in [0.15, 0.2) is 0 Å². The number of hydrogen-bond donors (Lipinski definition) is 0. The Kier molecular flexibility index (Phi) is 5.12. The summed E-state index contributed by atoms with van der Waals surface area (Å²) < 4.78 is 0. The van der Waals surface area contributed by atoms with Crippen LogP contribution in [0.2, 0.25) is 0 Å². The van der Waals surface area contributed by atoms with Gasteiger partial charge in [0.25, 0.3) is 0 Å². The van der Waals surface area contributed by atoms with Crippen molar-refractivity contribution >= 4 is 0 Å². The van der Waals surface area contributed by atoms with Gasteiger partial charge in [-0.2, -0.15) is 0 Å².